The average Bonchev–Trinajstić information content (AvgIpc) is 3.13. The predicted octanol–water partition coefficient (Wildman–Crippen LogP) is 5.07. The molecular formula is C20H14Cl2N2O3. The lowest BCUT2D eigenvalue weighted by atomic mass is 9.80. The molecule has 0 spiro atoms. The summed E-state index contributed by atoms with van der Waals surface area (Å²) in [5, 5.41) is 10.4. The molecule has 27 heavy (non-hydrogen) atoms. The molecule has 1 atom stereocenters. The average molecular weight is 401 g/mol. The molecule has 1 aliphatic heterocycles. The van der Waals surface area contributed by atoms with Gasteiger partial charge in [-0.05, 0) is 36.8 Å². The first-order chi connectivity index (χ1) is 13.0. The maximum atomic E-state index is 12.6. The highest BCUT2D eigenvalue weighted by molar-refractivity contribution is 6.42. The largest absolute Gasteiger partial charge is 0.460 e. The molecular weight excluding hydrogens is 387 g/mol. The minimum atomic E-state index is -0.664. The Hall–Kier alpha value is -2.68. The van der Waals surface area contributed by atoms with Gasteiger partial charge < -0.3 is 14.9 Å². The summed E-state index contributed by atoms with van der Waals surface area (Å²) in [6.45, 7) is 0. The van der Waals surface area contributed by atoms with Crippen molar-refractivity contribution in [3.8, 4) is 17.4 Å². The number of halogens is 2. The molecule has 0 saturated heterocycles. The van der Waals surface area contributed by atoms with Gasteiger partial charge in [-0.3, -0.25) is 4.79 Å². The van der Waals surface area contributed by atoms with Gasteiger partial charge in [-0.25, -0.2) is 0 Å². The lowest BCUT2D eigenvalue weighted by Gasteiger charge is -2.29. The van der Waals surface area contributed by atoms with Crippen molar-refractivity contribution >= 4 is 29.0 Å². The zero-order valence-corrected chi connectivity index (χ0v) is 15.6. The summed E-state index contributed by atoms with van der Waals surface area (Å²) in [6, 6.07) is 10.7. The quantitative estimate of drug-likeness (QED) is 0.759. The zero-order chi connectivity index (χ0) is 19.1. The fraction of sp³-hybridized carbons (Fsp3) is 0.200. The van der Waals surface area contributed by atoms with Gasteiger partial charge in [0.1, 0.15) is 28.9 Å². The molecule has 0 unspecified atom stereocenters. The van der Waals surface area contributed by atoms with Crippen LogP contribution in [0.5, 0.6) is 0 Å². The Labute approximate surface area is 165 Å². The van der Waals surface area contributed by atoms with Crippen LogP contribution < -0.4 is 5.73 Å². The van der Waals surface area contributed by atoms with E-state index >= 15 is 0 Å². The number of carbonyl (C=O) groups is 1. The van der Waals surface area contributed by atoms with Crippen LogP contribution in [-0.2, 0) is 9.53 Å². The first kappa shape index (κ1) is 17.7. The van der Waals surface area contributed by atoms with Gasteiger partial charge in [0, 0.05) is 24.0 Å². The van der Waals surface area contributed by atoms with Crippen LogP contribution in [0.25, 0.3) is 11.3 Å². The number of hydrogen-bond acceptors (Lipinski definition) is 5. The molecule has 2 aromatic rings. The number of hydrogen-bond donors (Lipinski definition) is 1. The predicted molar refractivity (Wildman–Crippen MR) is 101 cm³/mol. The van der Waals surface area contributed by atoms with Gasteiger partial charge in [-0.2, -0.15) is 5.26 Å². The summed E-state index contributed by atoms with van der Waals surface area (Å²) in [5.74, 6) is 0.846. The van der Waals surface area contributed by atoms with E-state index in [1.165, 1.54) is 0 Å². The minimum absolute atomic E-state index is 0.0171. The fourth-order valence-electron chi connectivity index (χ4n) is 3.45. The number of rotatable bonds is 2. The molecule has 0 amide bonds. The molecule has 1 aromatic carbocycles. The molecule has 0 radical (unpaired) electrons. The second-order valence-electron chi connectivity index (χ2n) is 6.37. The molecule has 0 bridgehead atoms. The van der Waals surface area contributed by atoms with Crippen molar-refractivity contribution in [3.05, 3.63) is 68.9 Å². The van der Waals surface area contributed by atoms with Crippen molar-refractivity contribution in [2.24, 2.45) is 5.73 Å². The van der Waals surface area contributed by atoms with Crippen molar-refractivity contribution < 1.29 is 13.9 Å². The first-order valence-electron chi connectivity index (χ1n) is 8.38. The van der Waals surface area contributed by atoms with E-state index in [0.717, 1.165) is 5.56 Å². The molecule has 2 aliphatic rings. The van der Waals surface area contributed by atoms with Crippen LogP contribution in [0.1, 0.15) is 30.9 Å². The van der Waals surface area contributed by atoms with E-state index in [4.69, 9.17) is 38.1 Å². The Morgan fingerprint density at radius 1 is 1.15 bits per heavy atom. The van der Waals surface area contributed by atoms with Crippen LogP contribution in [0.2, 0.25) is 10.0 Å². The minimum Gasteiger partial charge on any atom is -0.460 e. The van der Waals surface area contributed by atoms with Gasteiger partial charge in [0.2, 0.25) is 5.88 Å². The number of furan rings is 1. The second-order valence-corrected chi connectivity index (χ2v) is 7.18. The summed E-state index contributed by atoms with van der Waals surface area (Å²) in [5.41, 5.74) is 7.32. The van der Waals surface area contributed by atoms with Gasteiger partial charge in [0.25, 0.3) is 0 Å². The standard InChI is InChI=1S/C20H14Cl2N2O3/c21-12-5-4-10(8-13(12)22)15-6-7-17(26-15)18-11(9-23)20(24)27-16-3-1-2-14(25)19(16)18/h4-8,18H,1-3,24H2/t18-/m0/s1. The number of nitriles is 1. The van der Waals surface area contributed by atoms with E-state index in [-0.39, 0.29) is 17.2 Å². The third kappa shape index (κ3) is 3.01. The summed E-state index contributed by atoms with van der Waals surface area (Å²) in [7, 11) is 0. The molecule has 7 heteroatoms. The number of benzene rings is 1. The summed E-state index contributed by atoms with van der Waals surface area (Å²) >= 11 is 12.1. The number of Topliss-reactive ketones (excluding diaryl/α,β-unsaturated/α-hetero) is 1. The van der Waals surface area contributed by atoms with Crippen molar-refractivity contribution in [1.82, 2.24) is 0 Å². The van der Waals surface area contributed by atoms with Crippen LogP contribution in [0.15, 0.2) is 57.5 Å². The number of carbonyl (C=O) groups excluding carboxylic acids is 1. The first-order valence-corrected chi connectivity index (χ1v) is 9.14. The normalized spacial score (nSPS) is 19.6. The Bertz CT molecular complexity index is 1060. The molecule has 5 nitrogen and oxygen atoms in total. The fourth-order valence-corrected chi connectivity index (χ4v) is 3.75. The van der Waals surface area contributed by atoms with E-state index in [1.807, 2.05) is 0 Å². The summed E-state index contributed by atoms with van der Waals surface area (Å²) < 4.78 is 11.6. The Morgan fingerprint density at radius 3 is 2.70 bits per heavy atom. The van der Waals surface area contributed by atoms with Crippen LogP contribution in [0.4, 0.5) is 0 Å². The Morgan fingerprint density at radius 2 is 1.96 bits per heavy atom. The molecule has 136 valence electrons. The lowest BCUT2D eigenvalue weighted by Crippen LogP contribution is -2.27. The maximum absolute atomic E-state index is 12.6. The molecule has 4 rings (SSSR count). The number of ether oxygens (including phenoxy) is 1. The van der Waals surface area contributed by atoms with Gasteiger partial charge in [-0.1, -0.05) is 23.2 Å². The monoisotopic (exact) mass is 400 g/mol. The Kier molecular flexibility index (Phi) is 4.47. The van der Waals surface area contributed by atoms with Crippen molar-refractivity contribution in [2.45, 2.75) is 25.2 Å². The number of nitrogens with zero attached hydrogens (tertiary/aromatic N) is 1. The van der Waals surface area contributed by atoms with Crippen LogP contribution >= 0.6 is 23.2 Å². The maximum Gasteiger partial charge on any atom is 0.205 e. The smallest absolute Gasteiger partial charge is 0.205 e. The zero-order valence-electron chi connectivity index (χ0n) is 14.1. The summed E-state index contributed by atoms with van der Waals surface area (Å²) in [6.07, 6.45) is 1.72. The molecule has 1 aliphatic carbocycles. The number of allylic oxidation sites excluding steroid dienone is 3. The van der Waals surface area contributed by atoms with E-state index in [2.05, 4.69) is 6.07 Å². The Balaban J connectivity index is 1.81. The molecule has 2 heterocycles. The van der Waals surface area contributed by atoms with Gasteiger partial charge in [0.15, 0.2) is 5.78 Å². The number of nitrogens with two attached hydrogens (primary N) is 1. The highest BCUT2D eigenvalue weighted by Gasteiger charge is 2.39. The summed E-state index contributed by atoms with van der Waals surface area (Å²) in [4.78, 5) is 12.6. The highest BCUT2D eigenvalue weighted by Crippen LogP contribution is 2.44. The molecule has 2 N–H and O–H groups in total. The molecule has 0 saturated carbocycles. The number of ketones is 1. The van der Waals surface area contributed by atoms with Crippen LogP contribution in [0, 0.1) is 11.3 Å². The topological polar surface area (TPSA) is 89.3 Å². The van der Waals surface area contributed by atoms with E-state index in [1.54, 1.807) is 30.3 Å². The van der Waals surface area contributed by atoms with Gasteiger partial charge in [0.05, 0.1) is 16.0 Å². The van der Waals surface area contributed by atoms with Crippen molar-refractivity contribution in [3.63, 3.8) is 0 Å². The van der Waals surface area contributed by atoms with Gasteiger partial charge >= 0.3 is 0 Å². The van der Waals surface area contributed by atoms with E-state index in [0.29, 0.717) is 52.2 Å². The van der Waals surface area contributed by atoms with E-state index < -0.39 is 5.92 Å². The molecule has 0 fully saturated rings. The van der Waals surface area contributed by atoms with Crippen molar-refractivity contribution in [1.29, 1.82) is 5.26 Å². The second kappa shape index (κ2) is 6.80. The van der Waals surface area contributed by atoms with Crippen molar-refractivity contribution in [2.75, 3.05) is 0 Å². The SMILES string of the molecule is N#CC1=C(N)OC2=C(C(=O)CCC2)[C@@H]1c1ccc(-c2ccc(Cl)c(Cl)c2)o1. The third-order valence-electron chi connectivity index (χ3n) is 4.72. The third-order valence-corrected chi connectivity index (χ3v) is 5.46. The van der Waals surface area contributed by atoms with Gasteiger partial charge in [-0.15, -0.1) is 0 Å². The van der Waals surface area contributed by atoms with Crippen LogP contribution in [-0.4, -0.2) is 5.78 Å². The highest BCUT2D eigenvalue weighted by atomic mass is 35.5. The van der Waals surface area contributed by atoms with Crippen LogP contribution in [0.3, 0.4) is 0 Å². The molecule has 1 aromatic heterocycles. The lowest BCUT2D eigenvalue weighted by molar-refractivity contribution is -0.116. The van der Waals surface area contributed by atoms with E-state index in [9.17, 15) is 10.1 Å².